The van der Waals surface area contributed by atoms with Crippen molar-refractivity contribution in [2.75, 3.05) is 38.6 Å². The van der Waals surface area contributed by atoms with Gasteiger partial charge in [-0.25, -0.2) is 0 Å². The molecule has 0 spiro atoms. The van der Waals surface area contributed by atoms with Crippen LogP contribution in [0, 0.1) is 0 Å². The lowest BCUT2D eigenvalue weighted by atomic mass is 10.1. The van der Waals surface area contributed by atoms with Gasteiger partial charge in [-0.05, 0) is 26.0 Å². The molecule has 1 aliphatic rings. The molecule has 0 saturated carbocycles. The Balaban J connectivity index is 1.81. The topological polar surface area (TPSA) is 68.0 Å². The largest absolute Gasteiger partial charge is 0.492 e. The van der Waals surface area contributed by atoms with Crippen molar-refractivity contribution in [1.82, 2.24) is 4.90 Å². The first-order valence-corrected chi connectivity index (χ1v) is 6.98. The van der Waals surface area contributed by atoms with Crippen LogP contribution in [0.15, 0.2) is 24.3 Å². The van der Waals surface area contributed by atoms with Gasteiger partial charge < -0.3 is 20.3 Å². The number of hydrogen-bond acceptors (Lipinski definition) is 5. The number of morpholine rings is 1. The number of rotatable bonds is 5. The molecule has 3 N–H and O–H groups in total. The van der Waals surface area contributed by atoms with E-state index in [9.17, 15) is 5.11 Å². The standard InChI is InChI=1S/C15H24N2O3/c1-15(2)11-17(9-14(10-18)20-15)6-7-19-13-5-3-4-12(16)8-13/h3-5,8,14,18H,6-7,9-11,16H2,1-2H3. The predicted molar refractivity (Wildman–Crippen MR) is 78.8 cm³/mol. The molecule has 1 aromatic rings. The highest BCUT2D eigenvalue weighted by molar-refractivity contribution is 5.43. The fourth-order valence-electron chi connectivity index (χ4n) is 2.58. The first-order valence-electron chi connectivity index (χ1n) is 6.98. The van der Waals surface area contributed by atoms with Crippen LogP contribution in [0.25, 0.3) is 0 Å². The number of nitrogens with two attached hydrogens (primary N) is 1. The third kappa shape index (κ3) is 4.37. The third-order valence-corrected chi connectivity index (χ3v) is 3.29. The van der Waals surface area contributed by atoms with E-state index in [4.69, 9.17) is 15.2 Å². The summed E-state index contributed by atoms with van der Waals surface area (Å²) in [7, 11) is 0. The molecule has 1 aliphatic heterocycles. The summed E-state index contributed by atoms with van der Waals surface area (Å²) in [5.41, 5.74) is 6.18. The molecule has 1 heterocycles. The Kier molecular flexibility index (Phi) is 4.86. The predicted octanol–water partition coefficient (Wildman–Crippen LogP) is 1.12. The number of aliphatic hydroxyl groups excluding tert-OH is 1. The maximum Gasteiger partial charge on any atom is 0.121 e. The van der Waals surface area contributed by atoms with Crippen LogP contribution >= 0.6 is 0 Å². The fraction of sp³-hybridized carbons (Fsp3) is 0.600. The van der Waals surface area contributed by atoms with Gasteiger partial charge in [-0.1, -0.05) is 6.07 Å². The summed E-state index contributed by atoms with van der Waals surface area (Å²) < 4.78 is 11.5. The van der Waals surface area contributed by atoms with Gasteiger partial charge in [-0.2, -0.15) is 0 Å². The van der Waals surface area contributed by atoms with Crippen LogP contribution < -0.4 is 10.5 Å². The van der Waals surface area contributed by atoms with Crippen LogP contribution in [0.1, 0.15) is 13.8 Å². The second kappa shape index (κ2) is 6.43. The summed E-state index contributed by atoms with van der Waals surface area (Å²) in [6.45, 7) is 7.11. The van der Waals surface area contributed by atoms with Gasteiger partial charge in [-0.15, -0.1) is 0 Å². The normalized spacial score (nSPS) is 22.6. The number of aliphatic hydroxyl groups is 1. The van der Waals surface area contributed by atoms with Crippen LogP contribution in [-0.4, -0.2) is 54.6 Å². The summed E-state index contributed by atoms with van der Waals surface area (Å²) in [6, 6.07) is 7.43. The van der Waals surface area contributed by atoms with Crippen molar-refractivity contribution in [3.8, 4) is 5.75 Å². The first-order chi connectivity index (χ1) is 9.48. The van der Waals surface area contributed by atoms with E-state index in [1.165, 1.54) is 0 Å². The Morgan fingerprint density at radius 1 is 1.50 bits per heavy atom. The molecular formula is C15H24N2O3. The average Bonchev–Trinajstić information content (AvgIpc) is 2.37. The Bertz CT molecular complexity index is 437. The van der Waals surface area contributed by atoms with Gasteiger partial charge >= 0.3 is 0 Å². The Hall–Kier alpha value is -1.30. The van der Waals surface area contributed by atoms with E-state index in [2.05, 4.69) is 4.90 Å². The van der Waals surface area contributed by atoms with E-state index < -0.39 is 0 Å². The molecule has 1 unspecified atom stereocenters. The van der Waals surface area contributed by atoms with E-state index in [0.717, 1.165) is 25.4 Å². The quantitative estimate of drug-likeness (QED) is 0.791. The summed E-state index contributed by atoms with van der Waals surface area (Å²) >= 11 is 0. The molecule has 0 bridgehead atoms. The van der Waals surface area contributed by atoms with Crippen molar-refractivity contribution >= 4 is 5.69 Å². The van der Waals surface area contributed by atoms with Gasteiger partial charge in [0, 0.05) is 31.4 Å². The summed E-state index contributed by atoms with van der Waals surface area (Å²) in [6.07, 6.45) is -0.119. The van der Waals surface area contributed by atoms with Crippen molar-refractivity contribution in [3.63, 3.8) is 0 Å². The zero-order valence-electron chi connectivity index (χ0n) is 12.2. The highest BCUT2D eigenvalue weighted by Gasteiger charge is 2.32. The zero-order chi connectivity index (χ0) is 14.6. The average molecular weight is 280 g/mol. The first kappa shape index (κ1) is 15.1. The maximum absolute atomic E-state index is 9.28. The third-order valence-electron chi connectivity index (χ3n) is 3.29. The minimum atomic E-state index is -0.233. The second-order valence-corrected chi connectivity index (χ2v) is 5.84. The monoisotopic (exact) mass is 280 g/mol. The molecule has 0 amide bonds. The smallest absolute Gasteiger partial charge is 0.121 e. The van der Waals surface area contributed by atoms with Crippen molar-refractivity contribution < 1.29 is 14.6 Å². The number of ether oxygens (including phenoxy) is 2. The number of nitrogen functional groups attached to an aromatic ring is 1. The highest BCUT2D eigenvalue weighted by atomic mass is 16.5. The number of benzene rings is 1. The second-order valence-electron chi connectivity index (χ2n) is 5.84. The Labute approximate surface area is 120 Å². The highest BCUT2D eigenvalue weighted by Crippen LogP contribution is 2.21. The molecule has 5 nitrogen and oxygen atoms in total. The molecule has 0 aromatic heterocycles. The van der Waals surface area contributed by atoms with E-state index in [-0.39, 0.29) is 18.3 Å². The molecule has 1 saturated heterocycles. The van der Waals surface area contributed by atoms with Crippen LogP contribution in [0.4, 0.5) is 5.69 Å². The minimum Gasteiger partial charge on any atom is -0.492 e. The molecule has 2 rings (SSSR count). The van der Waals surface area contributed by atoms with Crippen LogP contribution in [0.5, 0.6) is 5.75 Å². The number of nitrogens with zero attached hydrogens (tertiary/aromatic N) is 1. The van der Waals surface area contributed by atoms with E-state index in [1.807, 2.05) is 38.1 Å². The van der Waals surface area contributed by atoms with E-state index in [0.29, 0.717) is 12.3 Å². The van der Waals surface area contributed by atoms with E-state index in [1.54, 1.807) is 0 Å². The molecule has 1 aromatic carbocycles. The van der Waals surface area contributed by atoms with Gasteiger partial charge in [0.1, 0.15) is 12.4 Å². The summed E-state index contributed by atoms with van der Waals surface area (Å²) in [4.78, 5) is 2.26. The summed E-state index contributed by atoms with van der Waals surface area (Å²) in [5.74, 6) is 0.788. The van der Waals surface area contributed by atoms with Gasteiger partial charge in [0.05, 0.1) is 18.3 Å². The van der Waals surface area contributed by atoms with Gasteiger partial charge in [0.2, 0.25) is 0 Å². The van der Waals surface area contributed by atoms with Crippen LogP contribution in [0.2, 0.25) is 0 Å². The lowest BCUT2D eigenvalue weighted by molar-refractivity contribution is -0.149. The van der Waals surface area contributed by atoms with Gasteiger partial charge in [0.15, 0.2) is 0 Å². The van der Waals surface area contributed by atoms with E-state index >= 15 is 0 Å². The van der Waals surface area contributed by atoms with Gasteiger partial charge in [-0.3, -0.25) is 4.90 Å². The van der Waals surface area contributed by atoms with Crippen LogP contribution in [-0.2, 0) is 4.74 Å². The van der Waals surface area contributed by atoms with Crippen LogP contribution in [0.3, 0.4) is 0 Å². The molecule has 0 aliphatic carbocycles. The summed E-state index contributed by atoms with van der Waals surface area (Å²) in [5, 5.41) is 9.28. The number of anilines is 1. The Morgan fingerprint density at radius 3 is 3.00 bits per heavy atom. The molecule has 5 heteroatoms. The van der Waals surface area contributed by atoms with Crippen molar-refractivity contribution in [2.24, 2.45) is 0 Å². The minimum absolute atomic E-state index is 0.0516. The molecule has 1 atom stereocenters. The van der Waals surface area contributed by atoms with Gasteiger partial charge in [0.25, 0.3) is 0 Å². The fourth-order valence-corrected chi connectivity index (χ4v) is 2.58. The van der Waals surface area contributed by atoms with Crippen molar-refractivity contribution in [3.05, 3.63) is 24.3 Å². The van der Waals surface area contributed by atoms with Crippen molar-refractivity contribution in [2.45, 2.75) is 25.6 Å². The maximum atomic E-state index is 9.28. The zero-order valence-corrected chi connectivity index (χ0v) is 12.2. The number of hydrogen-bond donors (Lipinski definition) is 2. The molecule has 112 valence electrons. The lowest BCUT2D eigenvalue weighted by Crippen LogP contribution is -2.54. The molecule has 20 heavy (non-hydrogen) atoms. The Morgan fingerprint density at radius 2 is 2.30 bits per heavy atom. The SMILES string of the molecule is CC1(C)CN(CCOc2cccc(N)c2)CC(CO)O1. The molecular weight excluding hydrogens is 256 g/mol. The van der Waals surface area contributed by atoms with Crippen molar-refractivity contribution in [1.29, 1.82) is 0 Å². The molecule has 1 fully saturated rings. The molecule has 0 radical (unpaired) electrons. The lowest BCUT2D eigenvalue weighted by Gasteiger charge is -2.42.